The number of rotatable bonds is 8. The Hall–Kier alpha value is -2.15. The third-order valence-electron chi connectivity index (χ3n) is 15.7. The lowest BCUT2D eigenvalue weighted by molar-refractivity contribution is -0.396. The summed E-state index contributed by atoms with van der Waals surface area (Å²) in [5.74, 6) is 0. The van der Waals surface area contributed by atoms with Crippen LogP contribution in [0, 0.1) is 0 Å². The molecule has 1 aromatic heterocycles. The second kappa shape index (κ2) is 26.9. The molecule has 0 amide bonds. The molecule has 1 aromatic rings. The van der Waals surface area contributed by atoms with E-state index in [4.69, 9.17) is 66.3 Å². The third kappa shape index (κ3) is 12.3. The van der Waals surface area contributed by atoms with Gasteiger partial charge in [0.1, 0.15) is 171 Å². The molecule has 0 radical (unpaired) electrons. The molecular formula is C45H72N2O34. The number of aromatic nitrogens is 2. The molecule has 36 nitrogen and oxygen atoms in total. The molecule has 22 heterocycles. The fraction of sp³-hybridized carbons (Fsp3) is 0.933. The van der Waals surface area contributed by atoms with Gasteiger partial charge < -0.3 is 173 Å². The SMILES string of the molecule is OC[C@@H]1O[C@@H]2O[C@H]3[C@H](O)[C@@H](O)[C@@H](O[C@H]4[C@H](O)[C@@H](n5ccnc5)[C@@H](O[C@H]5[C@H](O)[C@@H](O)[C@@H](O[C@H]6[C@@H](O)[C@H](O)[C@@H](O[C@H]7[C@H](O)[C@@H](O)[C@@H](O[C@H]8[C@@H](O)[C@H](O)[C@@H](O[C@H]1[C@H](O)[C@H]2O)O[C@@H]8CO)O[C@@H]7CO)O[C@@H]6CO)O[C@@H]5CO)O[C@H]4CO)O[C@H]3CO. The summed E-state index contributed by atoms with van der Waals surface area (Å²) in [5.41, 5.74) is 0. The van der Waals surface area contributed by atoms with Crippen LogP contribution in [0.25, 0.3) is 0 Å². The van der Waals surface area contributed by atoms with Crippen molar-refractivity contribution in [3.63, 3.8) is 0 Å². The predicted molar refractivity (Wildman–Crippen MR) is 244 cm³/mol. The molecule has 81 heavy (non-hydrogen) atoms. The van der Waals surface area contributed by atoms with Crippen molar-refractivity contribution in [1.82, 2.24) is 9.55 Å². The van der Waals surface area contributed by atoms with Crippen LogP contribution in [0.4, 0.5) is 0 Å². The minimum atomic E-state index is -2.20. The van der Waals surface area contributed by atoms with E-state index in [-0.39, 0.29) is 0 Å². The van der Waals surface area contributed by atoms with Gasteiger partial charge in [0.05, 0.1) is 52.6 Å². The molecule has 22 rings (SSSR count). The van der Waals surface area contributed by atoms with Crippen LogP contribution >= 0.6 is 0 Å². The van der Waals surface area contributed by atoms with E-state index in [2.05, 4.69) is 4.98 Å². The van der Waals surface area contributed by atoms with Crippen molar-refractivity contribution in [3.05, 3.63) is 18.7 Å². The molecule has 21 saturated heterocycles. The Balaban J connectivity index is 1.02. The number of nitrogens with zero attached hydrogens (tertiary/aromatic N) is 2. The van der Waals surface area contributed by atoms with Gasteiger partial charge in [-0.05, 0) is 0 Å². The van der Waals surface area contributed by atoms with Gasteiger partial charge in [-0.3, -0.25) is 0 Å². The molecule has 21 aliphatic rings. The summed E-state index contributed by atoms with van der Waals surface area (Å²) >= 11 is 0. The van der Waals surface area contributed by atoms with Crippen molar-refractivity contribution >= 4 is 0 Å². The molecule has 21 aliphatic heterocycles. The lowest BCUT2D eigenvalue weighted by Gasteiger charge is -2.50. The van der Waals surface area contributed by atoms with Crippen LogP contribution in [-0.4, -0.2) is 367 Å². The largest absolute Gasteiger partial charge is 0.394 e. The lowest BCUT2D eigenvalue weighted by atomic mass is 9.94. The van der Waals surface area contributed by atoms with E-state index in [1.807, 2.05) is 0 Å². The molecule has 466 valence electrons. The summed E-state index contributed by atoms with van der Waals surface area (Å²) in [6.07, 6.45) is -63.0. The van der Waals surface area contributed by atoms with Crippen LogP contribution in [0.15, 0.2) is 18.7 Å². The number of ether oxygens (including phenoxy) is 14. The van der Waals surface area contributed by atoms with Gasteiger partial charge in [-0.1, -0.05) is 0 Å². The fourth-order valence-electron chi connectivity index (χ4n) is 11.2. The van der Waals surface area contributed by atoms with Crippen LogP contribution in [0.3, 0.4) is 0 Å². The van der Waals surface area contributed by atoms with Crippen molar-refractivity contribution in [3.8, 4) is 0 Å². The highest BCUT2D eigenvalue weighted by Crippen LogP contribution is 2.41. The van der Waals surface area contributed by atoms with E-state index in [0.717, 1.165) is 0 Å². The maximum atomic E-state index is 12.1. The average Bonchev–Trinajstić information content (AvgIpc) is 4.10. The molecule has 0 aliphatic carbocycles. The molecule has 0 unspecified atom stereocenters. The summed E-state index contributed by atoms with van der Waals surface area (Å²) in [7, 11) is 0. The van der Waals surface area contributed by atoms with Gasteiger partial charge in [-0.25, -0.2) is 4.98 Å². The summed E-state index contributed by atoms with van der Waals surface area (Å²) in [5, 5.41) is 222. The molecule has 21 fully saturated rings. The highest BCUT2D eigenvalue weighted by Gasteiger charge is 2.60. The summed E-state index contributed by atoms with van der Waals surface area (Å²) in [4.78, 5) is 3.98. The summed E-state index contributed by atoms with van der Waals surface area (Å²) in [6.45, 7) is -7.17. The van der Waals surface area contributed by atoms with Crippen molar-refractivity contribution in [2.45, 2.75) is 215 Å². The number of imidazole rings is 1. The van der Waals surface area contributed by atoms with Gasteiger partial charge in [-0.2, -0.15) is 0 Å². The molecule has 36 heteroatoms. The number of hydrogen-bond acceptors (Lipinski definition) is 35. The highest BCUT2D eigenvalue weighted by atomic mass is 16.8. The molecule has 35 atom stereocenters. The molecule has 0 spiro atoms. The van der Waals surface area contributed by atoms with Gasteiger partial charge in [0.25, 0.3) is 0 Å². The summed E-state index contributed by atoms with van der Waals surface area (Å²) in [6, 6.07) is -1.50. The number of aliphatic hydroxyl groups is 20. The fourth-order valence-corrected chi connectivity index (χ4v) is 11.2. The first-order valence-electron chi connectivity index (χ1n) is 26.0. The quantitative estimate of drug-likeness (QED) is 0.115. The normalized spacial score (nSPS) is 53.2. The minimum Gasteiger partial charge on any atom is -0.394 e. The molecule has 0 saturated carbocycles. The topological polar surface area (TPSA) is 552 Å². The average molecular weight is 1190 g/mol. The summed E-state index contributed by atoms with van der Waals surface area (Å²) < 4.78 is 82.6. The standard InChI is InChI=1S/C45H72N2O34/c48-3-11-32-19(55)18(47-2-1-46-10-47)39(68-11)75-33-12(4-49)69-41(26(62)20(33)56)77-35-14(6-51)71-43(28(64)22(35)58)79-37-16(8-53)73-45(30(66)24(37)60)81-38-17(9-54)74-44(31(67)25(38)61)80-36-15(7-52)72-42(29(65)23(36)59)78-34-13(5-50)70-40(76-32)27(63)21(34)57/h1-2,10-45,48-67H,3-9H2/t11-,12+,13-,14+,15-,16+,17+,18+,19+,20+,21+,22-,23+,24+,25-,26+,27+,28-,29+,30+,31-,32+,33+,34+,35+,36+,37+,38+,39+,40+,41+,42+,43+,44+,45+/m0/s1. The zero-order chi connectivity index (χ0) is 58.5. The van der Waals surface area contributed by atoms with Crippen LogP contribution in [0.2, 0.25) is 0 Å². The van der Waals surface area contributed by atoms with Gasteiger partial charge in [0.2, 0.25) is 0 Å². The van der Waals surface area contributed by atoms with Crippen LogP contribution in [0.5, 0.6) is 0 Å². The Kier molecular flexibility index (Phi) is 21.0. The van der Waals surface area contributed by atoms with E-state index >= 15 is 0 Å². The number of hydrogen-bond donors (Lipinski definition) is 20. The Bertz CT molecular complexity index is 2090. The van der Waals surface area contributed by atoms with E-state index in [9.17, 15) is 102 Å². The zero-order valence-corrected chi connectivity index (χ0v) is 42.4. The monoisotopic (exact) mass is 1180 g/mol. The zero-order valence-electron chi connectivity index (χ0n) is 42.4. The Morgan fingerprint density at radius 1 is 0.259 bits per heavy atom. The van der Waals surface area contributed by atoms with Gasteiger partial charge >= 0.3 is 0 Å². The second-order valence-corrected chi connectivity index (χ2v) is 20.7. The van der Waals surface area contributed by atoms with Crippen molar-refractivity contribution < 1.29 is 168 Å². The van der Waals surface area contributed by atoms with Crippen LogP contribution in [-0.2, 0) is 66.3 Å². The van der Waals surface area contributed by atoms with E-state index in [0.29, 0.717) is 0 Å². The molecule has 14 bridgehead atoms. The van der Waals surface area contributed by atoms with Crippen LogP contribution in [0.1, 0.15) is 6.04 Å². The maximum Gasteiger partial charge on any atom is 0.187 e. The van der Waals surface area contributed by atoms with E-state index in [1.54, 1.807) is 0 Å². The van der Waals surface area contributed by atoms with Gasteiger partial charge in [0, 0.05) is 12.4 Å². The first kappa shape index (κ1) is 63.4. The molecule has 0 aromatic carbocycles. The number of aliphatic hydroxyl groups excluding tert-OH is 20. The van der Waals surface area contributed by atoms with E-state index in [1.165, 1.54) is 23.3 Å². The van der Waals surface area contributed by atoms with Gasteiger partial charge in [-0.15, -0.1) is 0 Å². The lowest BCUT2D eigenvalue weighted by Crippen LogP contribution is -2.68. The third-order valence-corrected chi connectivity index (χ3v) is 15.7. The molecule has 20 N–H and O–H groups in total. The first-order chi connectivity index (χ1) is 38.7. The van der Waals surface area contributed by atoms with Crippen molar-refractivity contribution in [2.24, 2.45) is 0 Å². The Morgan fingerprint density at radius 3 is 0.654 bits per heavy atom. The van der Waals surface area contributed by atoms with Crippen LogP contribution < -0.4 is 0 Å². The van der Waals surface area contributed by atoms with E-state index < -0.39 is 261 Å². The minimum absolute atomic E-state index is 0.987. The Morgan fingerprint density at radius 2 is 0.457 bits per heavy atom. The smallest absolute Gasteiger partial charge is 0.187 e. The second-order valence-electron chi connectivity index (χ2n) is 20.7. The van der Waals surface area contributed by atoms with Crippen molar-refractivity contribution in [2.75, 3.05) is 46.2 Å². The predicted octanol–water partition coefficient (Wildman–Crippen LogP) is -14.2. The highest BCUT2D eigenvalue weighted by molar-refractivity contribution is 5.03. The molecular weight excluding hydrogens is 1110 g/mol. The Labute approximate surface area is 457 Å². The van der Waals surface area contributed by atoms with Gasteiger partial charge in [0.15, 0.2) is 44.0 Å². The first-order valence-corrected chi connectivity index (χ1v) is 26.0. The maximum absolute atomic E-state index is 12.1. The van der Waals surface area contributed by atoms with Crippen molar-refractivity contribution in [1.29, 1.82) is 0 Å².